The summed E-state index contributed by atoms with van der Waals surface area (Å²) in [5.41, 5.74) is 7.11. The number of halogens is 3. The van der Waals surface area contributed by atoms with E-state index in [4.69, 9.17) is 15.3 Å². The summed E-state index contributed by atoms with van der Waals surface area (Å²) in [6, 6.07) is 8.05. The maximum Gasteiger partial charge on any atom is 0.460 e. The molecule has 2 aliphatic rings. The molecule has 1 unspecified atom stereocenters. The number of piperazine rings is 1. The monoisotopic (exact) mass is 495 g/mol. The molecule has 2 aromatic heterocycles. The van der Waals surface area contributed by atoms with Crippen LogP contribution in [0.3, 0.4) is 0 Å². The number of ether oxygens (including phenoxy) is 1. The van der Waals surface area contributed by atoms with Gasteiger partial charge in [0.1, 0.15) is 30.2 Å². The lowest BCUT2D eigenvalue weighted by Crippen LogP contribution is -2.53. The van der Waals surface area contributed by atoms with E-state index in [9.17, 15) is 23.4 Å². The Bertz CT molecular complexity index is 1160. The van der Waals surface area contributed by atoms with Gasteiger partial charge in [0.15, 0.2) is 17.7 Å². The second-order valence-electron chi connectivity index (χ2n) is 8.41. The topological polar surface area (TPSA) is 135 Å². The molecule has 2 fully saturated rings. The van der Waals surface area contributed by atoms with Gasteiger partial charge in [-0.2, -0.15) is 18.2 Å². The van der Waals surface area contributed by atoms with Crippen LogP contribution < -0.4 is 5.73 Å². The van der Waals surface area contributed by atoms with Crippen molar-refractivity contribution in [3.63, 3.8) is 0 Å². The summed E-state index contributed by atoms with van der Waals surface area (Å²) in [4.78, 5) is 18.4. The third-order valence-corrected chi connectivity index (χ3v) is 6.28. The Kier molecular flexibility index (Phi) is 6.33. The highest BCUT2D eigenvalue weighted by atomic mass is 19.4. The molecule has 5 rings (SSSR count). The lowest BCUT2D eigenvalue weighted by Gasteiger charge is -2.41. The van der Waals surface area contributed by atoms with Gasteiger partial charge < -0.3 is 20.7 Å². The number of nitrogens with two attached hydrogens (primary N) is 1. The number of imidazole rings is 1. The summed E-state index contributed by atoms with van der Waals surface area (Å²) in [6.07, 6.45) is -6.46. The normalized spacial score (nSPS) is 28.7. The molecule has 0 amide bonds. The number of fused-ring (bicyclic) bond motifs is 1. The molecule has 0 radical (unpaired) electrons. The van der Waals surface area contributed by atoms with Gasteiger partial charge in [0, 0.05) is 19.6 Å². The number of hydroxylamine groups is 2. The van der Waals surface area contributed by atoms with E-state index in [0.717, 1.165) is 0 Å². The van der Waals surface area contributed by atoms with Gasteiger partial charge >= 0.3 is 6.30 Å². The number of alkyl halides is 3. The highest BCUT2D eigenvalue weighted by Crippen LogP contribution is 2.34. The first-order valence-corrected chi connectivity index (χ1v) is 10.9. The van der Waals surface area contributed by atoms with Crippen LogP contribution >= 0.6 is 0 Å². The number of benzene rings is 1. The lowest BCUT2D eigenvalue weighted by atomic mass is 10.0. The minimum absolute atomic E-state index is 0.0176. The number of aromatic nitrogens is 4. The first-order valence-electron chi connectivity index (χ1n) is 10.9. The van der Waals surface area contributed by atoms with Crippen LogP contribution in [0.25, 0.3) is 11.2 Å². The SMILES string of the molecule is Nc1ncnc2c1ncn2[C@@H]1O[C@H](CON2CCN(C(F)(F)F)CC2c2ccccc2)[C@@H](O)[C@H]1O. The van der Waals surface area contributed by atoms with Crippen LogP contribution in [0.1, 0.15) is 17.8 Å². The van der Waals surface area contributed by atoms with Gasteiger partial charge in [0.2, 0.25) is 0 Å². The molecule has 3 aromatic rings. The van der Waals surface area contributed by atoms with Gasteiger partial charge in [-0.3, -0.25) is 9.40 Å². The van der Waals surface area contributed by atoms with Gasteiger partial charge in [-0.25, -0.2) is 19.9 Å². The van der Waals surface area contributed by atoms with Gasteiger partial charge in [-0.05, 0) is 5.56 Å². The van der Waals surface area contributed by atoms with Crippen molar-refractivity contribution in [2.75, 3.05) is 32.0 Å². The van der Waals surface area contributed by atoms with E-state index in [1.54, 1.807) is 30.3 Å². The first kappa shape index (κ1) is 23.8. The molecule has 1 aromatic carbocycles. The Morgan fingerprint density at radius 2 is 1.86 bits per heavy atom. The Morgan fingerprint density at radius 1 is 1.09 bits per heavy atom. The van der Waals surface area contributed by atoms with Gasteiger partial charge in [-0.1, -0.05) is 30.3 Å². The van der Waals surface area contributed by atoms with Crippen molar-refractivity contribution in [2.24, 2.45) is 0 Å². The van der Waals surface area contributed by atoms with Crippen LogP contribution in [0, 0.1) is 0 Å². The Morgan fingerprint density at radius 3 is 2.60 bits per heavy atom. The van der Waals surface area contributed by atoms with E-state index in [2.05, 4.69) is 15.0 Å². The minimum atomic E-state index is -4.46. The molecule has 4 N–H and O–H groups in total. The van der Waals surface area contributed by atoms with E-state index >= 15 is 0 Å². The molecule has 4 heterocycles. The second kappa shape index (κ2) is 9.29. The number of aliphatic hydroxyl groups excluding tert-OH is 2. The highest BCUT2D eigenvalue weighted by molar-refractivity contribution is 5.81. The summed E-state index contributed by atoms with van der Waals surface area (Å²) in [5, 5.41) is 22.7. The molecule has 0 aliphatic carbocycles. The molecular weight excluding hydrogens is 471 g/mol. The van der Waals surface area contributed by atoms with Crippen LogP contribution in [0.2, 0.25) is 0 Å². The van der Waals surface area contributed by atoms with Gasteiger partial charge in [-0.15, -0.1) is 0 Å². The van der Waals surface area contributed by atoms with Crippen molar-refractivity contribution in [1.29, 1.82) is 0 Å². The molecule has 0 bridgehead atoms. The zero-order chi connectivity index (χ0) is 24.7. The van der Waals surface area contributed by atoms with Crippen molar-refractivity contribution in [2.45, 2.75) is 36.9 Å². The quantitative estimate of drug-likeness (QED) is 0.437. The maximum absolute atomic E-state index is 13.4. The molecule has 5 atom stereocenters. The zero-order valence-corrected chi connectivity index (χ0v) is 18.4. The van der Waals surface area contributed by atoms with Crippen LogP contribution in [0.15, 0.2) is 43.0 Å². The third-order valence-electron chi connectivity index (χ3n) is 6.28. The molecule has 2 aliphatic heterocycles. The Labute approximate surface area is 197 Å². The largest absolute Gasteiger partial charge is 0.460 e. The summed E-state index contributed by atoms with van der Waals surface area (Å²) >= 11 is 0. The number of hydrogen-bond donors (Lipinski definition) is 3. The van der Waals surface area contributed by atoms with Crippen molar-refractivity contribution >= 4 is 17.0 Å². The van der Waals surface area contributed by atoms with Gasteiger partial charge in [0.05, 0.1) is 19.0 Å². The van der Waals surface area contributed by atoms with Crippen molar-refractivity contribution < 1.29 is 33.0 Å². The molecule has 11 nitrogen and oxygen atoms in total. The summed E-state index contributed by atoms with van der Waals surface area (Å²) in [6.45, 7) is -0.784. The molecule has 35 heavy (non-hydrogen) atoms. The number of nitrogen functional groups attached to an aromatic ring is 1. The molecule has 0 spiro atoms. The average molecular weight is 495 g/mol. The first-order chi connectivity index (χ1) is 16.7. The second-order valence-corrected chi connectivity index (χ2v) is 8.41. The molecule has 188 valence electrons. The van der Waals surface area contributed by atoms with Crippen LogP contribution in [-0.4, -0.2) is 90.5 Å². The smallest absolute Gasteiger partial charge is 0.387 e. The molecule has 2 saturated heterocycles. The lowest BCUT2D eigenvalue weighted by molar-refractivity contribution is -0.292. The standard InChI is InChI=1S/C21H24F3N7O4/c22-21(23,24)29-6-7-31(13(8-29)12-4-2-1-3-5-12)34-9-14-16(32)17(33)20(35-14)30-11-28-15-18(25)26-10-27-19(15)30/h1-5,10-11,13-14,16-17,20,32-33H,6-9H2,(H2,25,26,27)/t13?,14-,16-,17-,20-/m1/s1. The maximum atomic E-state index is 13.4. The average Bonchev–Trinajstić information content (AvgIpc) is 3.39. The van der Waals surface area contributed by atoms with E-state index in [1.807, 2.05) is 0 Å². The highest BCUT2D eigenvalue weighted by Gasteiger charge is 2.46. The predicted molar refractivity (Wildman–Crippen MR) is 115 cm³/mol. The van der Waals surface area contributed by atoms with Crippen LogP contribution in [-0.2, 0) is 9.57 Å². The minimum Gasteiger partial charge on any atom is -0.387 e. The summed E-state index contributed by atoms with van der Waals surface area (Å²) < 4.78 is 47.4. The summed E-state index contributed by atoms with van der Waals surface area (Å²) in [7, 11) is 0. The Balaban J connectivity index is 1.30. The number of hydrogen-bond acceptors (Lipinski definition) is 10. The number of rotatable bonds is 5. The van der Waals surface area contributed by atoms with E-state index in [-0.39, 0.29) is 32.1 Å². The van der Waals surface area contributed by atoms with Crippen LogP contribution in [0.4, 0.5) is 19.0 Å². The van der Waals surface area contributed by atoms with Crippen molar-refractivity contribution in [1.82, 2.24) is 29.5 Å². The van der Waals surface area contributed by atoms with E-state index < -0.39 is 36.9 Å². The van der Waals surface area contributed by atoms with E-state index in [0.29, 0.717) is 21.6 Å². The van der Waals surface area contributed by atoms with Crippen molar-refractivity contribution in [3.05, 3.63) is 48.5 Å². The fraction of sp³-hybridized carbons (Fsp3) is 0.476. The zero-order valence-electron chi connectivity index (χ0n) is 18.4. The van der Waals surface area contributed by atoms with Gasteiger partial charge in [0.25, 0.3) is 0 Å². The Hall–Kier alpha value is -2.88. The fourth-order valence-electron chi connectivity index (χ4n) is 4.42. The summed E-state index contributed by atoms with van der Waals surface area (Å²) in [5.74, 6) is 0.159. The molecule has 0 saturated carbocycles. The molecular formula is C21H24F3N7O4. The van der Waals surface area contributed by atoms with Crippen molar-refractivity contribution in [3.8, 4) is 0 Å². The van der Waals surface area contributed by atoms with Crippen LogP contribution in [0.5, 0.6) is 0 Å². The third kappa shape index (κ3) is 4.55. The fourth-order valence-corrected chi connectivity index (χ4v) is 4.42. The number of anilines is 1. The number of nitrogens with zero attached hydrogens (tertiary/aromatic N) is 6. The molecule has 14 heteroatoms. The predicted octanol–water partition coefficient (Wildman–Crippen LogP) is 0.838. The number of aliphatic hydroxyl groups is 2. The van der Waals surface area contributed by atoms with E-state index in [1.165, 1.54) is 22.3 Å².